The second-order valence-electron chi connectivity index (χ2n) is 7.24. The van der Waals surface area contributed by atoms with Gasteiger partial charge in [0.1, 0.15) is 0 Å². The number of carboxylic acid groups (broad SMARTS) is 1. The molecule has 2 rings (SSSR count). The van der Waals surface area contributed by atoms with Crippen molar-refractivity contribution in [1.82, 2.24) is 10.6 Å². The summed E-state index contributed by atoms with van der Waals surface area (Å²) in [6, 6.07) is 0.0880. The van der Waals surface area contributed by atoms with E-state index in [-0.39, 0.29) is 35.1 Å². The largest absolute Gasteiger partial charge is 0.481 e. The van der Waals surface area contributed by atoms with Crippen molar-refractivity contribution in [2.24, 2.45) is 23.2 Å². The molecule has 4 atom stereocenters. The first-order chi connectivity index (χ1) is 9.84. The Morgan fingerprint density at radius 3 is 2.52 bits per heavy atom. The van der Waals surface area contributed by atoms with Gasteiger partial charge in [0.15, 0.2) is 0 Å². The fourth-order valence-corrected chi connectivity index (χ4v) is 3.82. The van der Waals surface area contributed by atoms with Crippen LogP contribution in [0, 0.1) is 23.2 Å². The molecule has 0 aromatic rings. The van der Waals surface area contributed by atoms with E-state index in [4.69, 9.17) is 0 Å². The van der Waals surface area contributed by atoms with Gasteiger partial charge in [-0.25, -0.2) is 0 Å². The number of hydrogen-bond donors (Lipinski definition) is 3. The molecule has 0 radical (unpaired) electrons. The fraction of sp³-hybridized carbons (Fsp3) is 0.875. The lowest BCUT2D eigenvalue weighted by atomic mass is 9.61. The van der Waals surface area contributed by atoms with Crippen molar-refractivity contribution in [3.8, 4) is 0 Å². The number of hydrogen-bond acceptors (Lipinski definition) is 3. The van der Waals surface area contributed by atoms with Crippen molar-refractivity contribution in [2.75, 3.05) is 13.1 Å². The van der Waals surface area contributed by atoms with E-state index in [2.05, 4.69) is 17.6 Å². The van der Waals surface area contributed by atoms with Crippen molar-refractivity contribution >= 4 is 11.9 Å². The Kier molecular flexibility index (Phi) is 4.91. The van der Waals surface area contributed by atoms with Crippen LogP contribution in [0.25, 0.3) is 0 Å². The summed E-state index contributed by atoms with van der Waals surface area (Å²) in [4.78, 5) is 23.8. The molecule has 1 aliphatic heterocycles. The van der Waals surface area contributed by atoms with Crippen LogP contribution in [-0.2, 0) is 9.59 Å². The maximum absolute atomic E-state index is 12.4. The van der Waals surface area contributed by atoms with Crippen LogP contribution in [0.2, 0.25) is 0 Å². The highest BCUT2D eigenvalue weighted by Crippen LogP contribution is 2.45. The van der Waals surface area contributed by atoms with Crippen molar-refractivity contribution in [3.05, 3.63) is 0 Å². The topological polar surface area (TPSA) is 78.4 Å². The summed E-state index contributed by atoms with van der Waals surface area (Å²) in [5.41, 5.74) is -0.299. The van der Waals surface area contributed by atoms with Gasteiger partial charge < -0.3 is 15.7 Å². The lowest BCUT2D eigenvalue weighted by Gasteiger charge is -2.46. The van der Waals surface area contributed by atoms with Crippen molar-refractivity contribution in [2.45, 2.75) is 52.5 Å². The molecular formula is C16H28N2O3. The summed E-state index contributed by atoms with van der Waals surface area (Å²) in [6.45, 7) is 7.85. The highest BCUT2D eigenvalue weighted by molar-refractivity contribution is 5.79. The van der Waals surface area contributed by atoms with Crippen LogP contribution in [0.4, 0.5) is 0 Å². The van der Waals surface area contributed by atoms with Gasteiger partial charge in [-0.05, 0) is 43.6 Å². The maximum Gasteiger partial charge on any atom is 0.307 e. The minimum absolute atomic E-state index is 0.0614. The number of rotatable bonds is 3. The molecule has 0 aromatic carbocycles. The van der Waals surface area contributed by atoms with Crippen LogP contribution in [0.15, 0.2) is 0 Å². The fourth-order valence-electron chi connectivity index (χ4n) is 3.82. The van der Waals surface area contributed by atoms with E-state index < -0.39 is 5.97 Å². The molecule has 3 N–H and O–H groups in total. The lowest BCUT2D eigenvalue weighted by molar-refractivity contribution is -0.150. The van der Waals surface area contributed by atoms with Gasteiger partial charge in [-0.15, -0.1) is 0 Å². The number of piperidine rings is 1. The van der Waals surface area contributed by atoms with E-state index >= 15 is 0 Å². The van der Waals surface area contributed by atoms with Crippen LogP contribution in [0.5, 0.6) is 0 Å². The van der Waals surface area contributed by atoms with Gasteiger partial charge in [-0.3, -0.25) is 9.59 Å². The van der Waals surface area contributed by atoms with Crippen molar-refractivity contribution in [1.29, 1.82) is 0 Å². The quantitative estimate of drug-likeness (QED) is 0.739. The molecule has 5 heteroatoms. The predicted octanol–water partition coefficient (Wildman–Crippen LogP) is 1.63. The Labute approximate surface area is 126 Å². The Balaban J connectivity index is 1.98. The van der Waals surface area contributed by atoms with E-state index in [0.717, 1.165) is 32.4 Å². The van der Waals surface area contributed by atoms with Gasteiger partial charge in [0.05, 0.1) is 11.8 Å². The highest BCUT2D eigenvalue weighted by atomic mass is 16.4. The average Bonchev–Trinajstić information content (AvgIpc) is 2.44. The monoisotopic (exact) mass is 296 g/mol. The molecule has 2 aliphatic rings. The maximum atomic E-state index is 12.4. The summed E-state index contributed by atoms with van der Waals surface area (Å²) in [5, 5.41) is 15.8. The zero-order valence-electron chi connectivity index (χ0n) is 13.3. The van der Waals surface area contributed by atoms with Gasteiger partial charge >= 0.3 is 5.97 Å². The van der Waals surface area contributed by atoms with Crippen LogP contribution in [0.1, 0.15) is 46.5 Å². The molecule has 1 saturated heterocycles. The van der Waals surface area contributed by atoms with Gasteiger partial charge in [0.25, 0.3) is 0 Å². The van der Waals surface area contributed by atoms with E-state index in [9.17, 15) is 14.7 Å². The number of carboxylic acids is 1. The number of nitrogens with one attached hydrogen (secondary N) is 2. The number of aliphatic carboxylic acids is 1. The molecule has 0 bridgehead atoms. The van der Waals surface area contributed by atoms with Gasteiger partial charge in [-0.1, -0.05) is 20.8 Å². The van der Waals surface area contributed by atoms with Crippen molar-refractivity contribution in [3.63, 3.8) is 0 Å². The van der Waals surface area contributed by atoms with Crippen LogP contribution in [0.3, 0.4) is 0 Å². The zero-order chi connectivity index (χ0) is 15.6. The Morgan fingerprint density at radius 2 is 1.95 bits per heavy atom. The Bertz CT molecular complexity index is 402. The number of carbonyl (C=O) groups excluding carboxylic acids is 1. The summed E-state index contributed by atoms with van der Waals surface area (Å²) in [6.07, 6.45) is 3.39. The first-order valence-corrected chi connectivity index (χ1v) is 8.08. The minimum Gasteiger partial charge on any atom is -0.481 e. The van der Waals surface area contributed by atoms with E-state index in [0.29, 0.717) is 6.42 Å². The summed E-state index contributed by atoms with van der Waals surface area (Å²) >= 11 is 0. The molecule has 0 spiro atoms. The van der Waals surface area contributed by atoms with Crippen LogP contribution < -0.4 is 10.6 Å². The Hall–Kier alpha value is -1.10. The molecule has 1 heterocycles. The summed E-state index contributed by atoms with van der Waals surface area (Å²) in [7, 11) is 0. The smallest absolute Gasteiger partial charge is 0.307 e. The lowest BCUT2D eigenvalue weighted by Crippen LogP contribution is -2.54. The molecule has 21 heavy (non-hydrogen) atoms. The summed E-state index contributed by atoms with van der Waals surface area (Å²) < 4.78 is 0. The number of carbonyl (C=O) groups is 2. The van der Waals surface area contributed by atoms with Crippen molar-refractivity contribution < 1.29 is 14.7 Å². The first kappa shape index (κ1) is 16.3. The average molecular weight is 296 g/mol. The second kappa shape index (κ2) is 6.34. The molecule has 2 fully saturated rings. The molecule has 0 aromatic heterocycles. The Morgan fingerprint density at radius 1 is 1.24 bits per heavy atom. The standard InChI is InChI=1S/C16H28N2O3/c1-10-13(7-6-12(15(20)21)16(10,2)3)18-14(19)11-5-4-8-17-9-11/h10-13,17H,4-9H2,1-3H3,(H,18,19)(H,20,21)/t10?,11-,12?,13?/m1/s1. The predicted molar refractivity (Wildman–Crippen MR) is 80.8 cm³/mol. The van der Waals surface area contributed by atoms with E-state index in [1.54, 1.807) is 0 Å². The van der Waals surface area contributed by atoms with Gasteiger partial charge in [0.2, 0.25) is 5.91 Å². The SMILES string of the molecule is CC1C(NC(=O)[C@@H]2CCCNC2)CCC(C(=O)O)C1(C)C. The van der Waals surface area contributed by atoms with E-state index in [1.807, 2.05) is 13.8 Å². The van der Waals surface area contributed by atoms with Gasteiger partial charge in [0, 0.05) is 12.6 Å². The highest BCUT2D eigenvalue weighted by Gasteiger charge is 2.46. The molecule has 1 amide bonds. The third kappa shape index (κ3) is 3.39. The third-order valence-electron chi connectivity index (χ3n) is 5.73. The second-order valence-corrected chi connectivity index (χ2v) is 7.24. The number of amides is 1. The molecule has 3 unspecified atom stereocenters. The normalized spacial score (nSPS) is 36.0. The third-order valence-corrected chi connectivity index (χ3v) is 5.73. The summed E-state index contributed by atoms with van der Waals surface area (Å²) in [5.74, 6) is -0.687. The van der Waals surface area contributed by atoms with Crippen LogP contribution in [-0.4, -0.2) is 36.1 Å². The molecule has 5 nitrogen and oxygen atoms in total. The molecular weight excluding hydrogens is 268 g/mol. The molecule has 1 aliphatic carbocycles. The zero-order valence-corrected chi connectivity index (χ0v) is 13.3. The van der Waals surface area contributed by atoms with Gasteiger partial charge in [-0.2, -0.15) is 0 Å². The molecule has 120 valence electrons. The van der Waals surface area contributed by atoms with E-state index in [1.165, 1.54) is 0 Å². The van der Waals surface area contributed by atoms with Crippen LogP contribution >= 0.6 is 0 Å². The first-order valence-electron chi connectivity index (χ1n) is 8.08. The molecule has 1 saturated carbocycles. The minimum atomic E-state index is -0.715.